The summed E-state index contributed by atoms with van der Waals surface area (Å²) in [5.74, 6) is 2.69. The number of amides is 1. The van der Waals surface area contributed by atoms with E-state index < -0.39 is 0 Å². The van der Waals surface area contributed by atoms with Crippen LogP contribution in [0.4, 0.5) is 17.8 Å². The Balaban J connectivity index is 1.39. The van der Waals surface area contributed by atoms with Crippen molar-refractivity contribution < 1.29 is 23.7 Å². The lowest BCUT2D eigenvalue weighted by Gasteiger charge is -2.12. The van der Waals surface area contributed by atoms with Crippen LogP contribution in [0.25, 0.3) is 0 Å². The van der Waals surface area contributed by atoms with Crippen molar-refractivity contribution in [3.63, 3.8) is 0 Å². The molecule has 0 spiro atoms. The SMILES string of the molecule is CCCCNc1nc(NCCOCCOCCNC(=O)c2ccccc2)nc(NCc2cc(OC)cc(OC)c2)n1. The van der Waals surface area contributed by atoms with Gasteiger partial charge in [-0.15, -0.1) is 0 Å². The van der Waals surface area contributed by atoms with Gasteiger partial charge in [0.25, 0.3) is 5.91 Å². The maximum Gasteiger partial charge on any atom is 0.251 e. The molecule has 41 heavy (non-hydrogen) atoms. The molecule has 222 valence electrons. The predicted octanol–water partition coefficient (Wildman–Crippen LogP) is 3.59. The van der Waals surface area contributed by atoms with Crippen molar-refractivity contribution in [2.45, 2.75) is 26.3 Å². The van der Waals surface area contributed by atoms with E-state index in [4.69, 9.17) is 18.9 Å². The number of aromatic nitrogens is 3. The maximum atomic E-state index is 12.0. The zero-order chi connectivity index (χ0) is 29.1. The molecule has 3 rings (SSSR count). The normalized spacial score (nSPS) is 10.6. The van der Waals surface area contributed by atoms with Crippen molar-refractivity contribution in [3.05, 3.63) is 59.7 Å². The summed E-state index contributed by atoms with van der Waals surface area (Å²) in [7, 11) is 3.24. The van der Waals surface area contributed by atoms with Crippen molar-refractivity contribution in [3.8, 4) is 11.5 Å². The van der Waals surface area contributed by atoms with E-state index in [9.17, 15) is 4.79 Å². The van der Waals surface area contributed by atoms with Gasteiger partial charge >= 0.3 is 0 Å². The molecule has 1 amide bonds. The number of nitrogens with zero attached hydrogens (tertiary/aromatic N) is 3. The first kappa shape index (κ1) is 31.4. The van der Waals surface area contributed by atoms with Gasteiger partial charge < -0.3 is 40.2 Å². The van der Waals surface area contributed by atoms with Gasteiger partial charge in [0.1, 0.15) is 11.5 Å². The van der Waals surface area contributed by atoms with Gasteiger partial charge in [-0.05, 0) is 36.2 Å². The maximum absolute atomic E-state index is 12.0. The Morgan fingerprint density at radius 2 is 1.32 bits per heavy atom. The molecule has 1 heterocycles. The smallest absolute Gasteiger partial charge is 0.251 e. The van der Waals surface area contributed by atoms with Crippen LogP contribution in [0.3, 0.4) is 0 Å². The summed E-state index contributed by atoms with van der Waals surface area (Å²) < 4.78 is 21.9. The average Bonchev–Trinajstić information content (AvgIpc) is 3.01. The van der Waals surface area contributed by atoms with E-state index >= 15 is 0 Å². The van der Waals surface area contributed by atoms with Crippen LogP contribution in [0.5, 0.6) is 11.5 Å². The number of benzene rings is 2. The summed E-state index contributed by atoms with van der Waals surface area (Å²) in [5, 5.41) is 12.5. The minimum atomic E-state index is -0.113. The Bertz CT molecular complexity index is 1160. The lowest BCUT2D eigenvalue weighted by atomic mass is 10.2. The summed E-state index contributed by atoms with van der Waals surface area (Å²) in [6, 6.07) is 14.8. The van der Waals surface area contributed by atoms with Crippen LogP contribution in [0.1, 0.15) is 35.7 Å². The van der Waals surface area contributed by atoms with E-state index in [2.05, 4.69) is 43.1 Å². The minimum absolute atomic E-state index is 0.113. The highest BCUT2D eigenvalue weighted by molar-refractivity contribution is 5.94. The fourth-order valence-corrected chi connectivity index (χ4v) is 3.62. The number of hydrogen-bond donors (Lipinski definition) is 4. The highest BCUT2D eigenvalue weighted by atomic mass is 16.5. The monoisotopic (exact) mass is 567 g/mol. The number of rotatable bonds is 20. The van der Waals surface area contributed by atoms with Gasteiger partial charge in [-0.25, -0.2) is 0 Å². The second-order valence-corrected chi connectivity index (χ2v) is 8.93. The highest BCUT2D eigenvalue weighted by Gasteiger charge is 2.08. The first-order valence-corrected chi connectivity index (χ1v) is 13.8. The molecule has 0 saturated heterocycles. The van der Waals surface area contributed by atoms with Gasteiger partial charge in [0.05, 0.1) is 40.6 Å². The molecule has 0 aliphatic rings. The van der Waals surface area contributed by atoms with E-state index in [1.54, 1.807) is 26.4 Å². The number of carbonyl (C=O) groups excluding carboxylic acids is 1. The van der Waals surface area contributed by atoms with Crippen molar-refractivity contribution in [2.24, 2.45) is 0 Å². The average molecular weight is 568 g/mol. The van der Waals surface area contributed by atoms with Gasteiger partial charge in [-0.3, -0.25) is 4.79 Å². The van der Waals surface area contributed by atoms with E-state index in [0.717, 1.165) is 24.9 Å². The Hall–Kier alpha value is -4.16. The van der Waals surface area contributed by atoms with Gasteiger partial charge in [-0.1, -0.05) is 31.5 Å². The van der Waals surface area contributed by atoms with Gasteiger partial charge in [0.15, 0.2) is 0 Å². The third kappa shape index (κ3) is 11.9. The van der Waals surface area contributed by atoms with Crippen molar-refractivity contribution in [1.29, 1.82) is 0 Å². The third-order valence-electron chi connectivity index (χ3n) is 5.78. The second-order valence-electron chi connectivity index (χ2n) is 8.93. The number of carbonyl (C=O) groups is 1. The predicted molar refractivity (Wildman–Crippen MR) is 159 cm³/mol. The van der Waals surface area contributed by atoms with E-state index in [1.165, 1.54) is 0 Å². The first-order valence-electron chi connectivity index (χ1n) is 13.8. The molecule has 2 aromatic carbocycles. The van der Waals surface area contributed by atoms with Crippen molar-refractivity contribution >= 4 is 23.8 Å². The summed E-state index contributed by atoms with van der Waals surface area (Å²) in [5.41, 5.74) is 1.59. The van der Waals surface area contributed by atoms with Crippen LogP contribution in [0, 0.1) is 0 Å². The molecule has 0 atom stereocenters. The fourth-order valence-electron chi connectivity index (χ4n) is 3.62. The Kier molecular flexibility index (Phi) is 14.0. The number of hydrogen-bond acceptors (Lipinski definition) is 11. The minimum Gasteiger partial charge on any atom is -0.497 e. The number of unbranched alkanes of at least 4 members (excludes halogenated alkanes) is 1. The lowest BCUT2D eigenvalue weighted by Crippen LogP contribution is -2.27. The largest absolute Gasteiger partial charge is 0.497 e. The summed E-state index contributed by atoms with van der Waals surface area (Å²) in [6.07, 6.45) is 2.07. The molecule has 1 aromatic heterocycles. The summed E-state index contributed by atoms with van der Waals surface area (Å²) in [4.78, 5) is 25.5. The molecule has 12 heteroatoms. The second kappa shape index (κ2) is 18.2. The molecule has 0 saturated carbocycles. The molecular formula is C29H41N7O5. The molecule has 0 bridgehead atoms. The van der Waals surface area contributed by atoms with Crippen LogP contribution < -0.4 is 30.7 Å². The summed E-state index contributed by atoms with van der Waals surface area (Å²) >= 11 is 0. The molecule has 0 aliphatic heterocycles. The fraction of sp³-hybridized carbons (Fsp3) is 0.448. The standard InChI is InChI=1S/C29H41N7O5/c1-4-5-11-31-27-34-28(36-29(35-27)33-21-22-18-24(38-2)20-25(19-22)39-3)32-13-15-41-17-16-40-14-12-30-26(37)23-9-7-6-8-10-23/h6-10,18-20H,4-5,11-17,21H2,1-3H3,(H,30,37)(H3,31,32,33,34,35,36). The molecule has 0 aliphatic carbocycles. The van der Waals surface area contributed by atoms with Crippen LogP contribution in [-0.2, 0) is 16.0 Å². The molecule has 3 aromatic rings. The van der Waals surface area contributed by atoms with E-state index in [0.29, 0.717) is 81.0 Å². The Morgan fingerprint density at radius 1 is 0.732 bits per heavy atom. The van der Waals surface area contributed by atoms with Crippen molar-refractivity contribution in [1.82, 2.24) is 20.3 Å². The first-order chi connectivity index (χ1) is 20.1. The van der Waals surface area contributed by atoms with Gasteiger partial charge in [-0.2, -0.15) is 15.0 Å². The zero-order valence-electron chi connectivity index (χ0n) is 24.1. The number of methoxy groups -OCH3 is 2. The molecule has 0 fully saturated rings. The van der Waals surface area contributed by atoms with Crippen LogP contribution in [-0.4, -0.2) is 81.1 Å². The molecule has 0 unspecified atom stereocenters. The summed E-state index contributed by atoms with van der Waals surface area (Å²) in [6.45, 7) is 6.06. The zero-order valence-corrected chi connectivity index (χ0v) is 24.1. The lowest BCUT2D eigenvalue weighted by molar-refractivity contribution is 0.0519. The number of nitrogens with one attached hydrogen (secondary N) is 4. The molecule has 4 N–H and O–H groups in total. The molecule has 0 radical (unpaired) electrons. The Morgan fingerprint density at radius 3 is 1.93 bits per heavy atom. The van der Waals surface area contributed by atoms with Crippen LogP contribution in [0.2, 0.25) is 0 Å². The van der Waals surface area contributed by atoms with Crippen LogP contribution in [0.15, 0.2) is 48.5 Å². The number of anilines is 3. The van der Waals surface area contributed by atoms with E-state index in [-0.39, 0.29) is 5.91 Å². The number of ether oxygens (including phenoxy) is 4. The van der Waals surface area contributed by atoms with Crippen molar-refractivity contribution in [2.75, 3.05) is 76.2 Å². The van der Waals surface area contributed by atoms with Gasteiger partial charge in [0, 0.05) is 37.8 Å². The molecular weight excluding hydrogens is 526 g/mol. The van der Waals surface area contributed by atoms with Crippen LogP contribution >= 0.6 is 0 Å². The topological polar surface area (TPSA) is 141 Å². The Labute approximate surface area is 241 Å². The van der Waals surface area contributed by atoms with Gasteiger partial charge in [0.2, 0.25) is 17.8 Å². The highest BCUT2D eigenvalue weighted by Crippen LogP contribution is 2.23. The quantitative estimate of drug-likeness (QED) is 0.149. The van der Waals surface area contributed by atoms with E-state index in [1.807, 2.05) is 36.4 Å². The molecule has 12 nitrogen and oxygen atoms in total. The third-order valence-corrected chi connectivity index (χ3v) is 5.78.